The van der Waals surface area contributed by atoms with Crippen LogP contribution >= 0.6 is 11.8 Å². The molecule has 0 fully saturated rings. The van der Waals surface area contributed by atoms with Gasteiger partial charge in [0.15, 0.2) is 0 Å². The number of allylic oxidation sites excluding steroid dienone is 2. The molecule has 0 radical (unpaired) electrons. The second-order valence-electron chi connectivity index (χ2n) is 6.31. The molecule has 0 atom stereocenters. The first kappa shape index (κ1) is 19.2. The SMILES string of the molecule is CSc1ccc(C=C2C(C)=C(CNC(=O)N(C)O)c3cc(F)ccc32)cc1. The lowest BCUT2D eigenvalue weighted by Crippen LogP contribution is -2.35. The third-order valence-electron chi connectivity index (χ3n) is 4.59. The van der Waals surface area contributed by atoms with Crippen molar-refractivity contribution in [2.75, 3.05) is 19.8 Å². The molecule has 27 heavy (non-hydrogen) atoms. The number of hydrogen-bond donors (Lipinski definition) is 2. The van der Waals surface area contributed by atoms with E-state index in [9.17, 15) is 14.4 Å². The summed E-state index contributed by atoms with van der Waals surface area (Å²) < 4.78 is 13.8. The minimum Gasteiger partial charge on any atom is -0.332 e. The van der Waals surface area contributed by atoms with Crippen molar-refractivity contribution in [1.82, 2.24) is 10.4 Å². The summed E-state index contributed by atoms with van der Waals surface area (Å²) in [6.07, 6.45) is 4.11. The first-order valence-electron chi connectivity index (χ1n) is 8.47. The van der Waals surface area contributed by atoms with Gasteiger partial charge in [-0.2, -0.15) is 0 Å². The van der Waals surface area contributed by atoms with Crippen molar-refractivity contribution in [3.05, 3.63) is 70.5 Å². The zero-order chi connectivity index (χ0) is 19.6. The summed E-state index contributed by atoms with van der Waals surface area (Å²) in [5.41, 5.74) is 5.57. The maximum atomic E-state index is 13.8. The molecule has 0 saturated carbocycles. The van der Waals surface area contributed by atoms with Crippen LogP contribution in [0.4, 0.5) is 9.18 Å². The molecule has 0 bridgehead atoms. The highest BCUT2D eigenvalue weighted by molar-refractivity contribution is 7.98. The lowest BCUT2D eigenvalue weighted by atomic mass is 10.0. The van der Waals surface area contributed by atoms with Crippen molar-refractivity contribution in [3.63, 3.8) is 0 Å². The largest absolute Gasteiger partial charge is 0.341 e. The smallest absolute Gasteiger partial charge is 0.332 e. The Hall–Kier alpha value is -2.57. The Labute approximate surface area is 162 Å². The molecule has 2 amide bonds. The van der Waals surface area contributed by atoms with Gasteiger partial charge in [-0.05, 0) is 76.9 Å². The van der Waals surface area contributed by atoms with Gasteiger partial charge in [0, 0.05) is 18.5 Å². The highest BCUT2D eigenvalue weighted by Crippen LogP contribution is 2.42. The van der Waals surface area contributed by atoms with E-state index in [1.807, 2.05) is 13.2 Å². The fourth-order valence-corrected chi connectivity index (χ4v) is 3.53. The number of nitrogens with one attached hydrogen (secondary N) is 1. The van der Waals surface area contributed by atoms with Crippen molar-refractivity contribution in [3.8, 4) is 0 Å². The first-order valence-corrected chi connectivity index (χ1v) is 9.69. The maximum absolute atomic E-state index is 13.8. The van der Waals surface area contributed by atoms with E-state index in [0.29, 0.717) is 5.06 Å². The lowest BCUT2D eigenvalue weighted by Gasteiger charge is -2.12. The summed E-state index contributed by atoms with van der Waals surface area (Å²) in [5.74, 6) is -0.324. The summed E-state index contributed by atoms with van der Waals surface area (Å²) in [4.78, 5) is 12.9. The molecule has 2 N–H and O–H groups in total. The van der Waals surface area contributed by atoms with E-state index < -0.39 is 6.03 Å². The Balaban J connectivity index is 2.00. The van der Waals surface area contributed by atoms with Crippen LogP contribution in [-0.2, 0) is 0 Å². The second kappa shape index (κ2) is 7.98. The van der Waals surface area contributed by atoms with Gasteiger partial charge in [-0.1, -0.05) is 18.2 Å². The van der Waals surface area contributed by atoms with Crippen LogP contribution in [0.1, 0.15) is 23.6 Å². The predicted octanol–water partition coefficient (Wildman–Crippen LogP) is 4.91. The topological polar surface area (TPSA) is 52.6 Å². The number of nitrogens with zero attached hydrogens (tertiary/aromatic N) is 1. The number of amides is 2. The Morgan fingerprint density at radius 1 is 1.22 bits per heavy atom. The van der Waals surface area contributed by atoms with Crippen LogP contribution in [0.25, 0.3) is 17.2 Å². The molecule has 6 heteroatoms. The van der Waals surface area contributed by atoms with Gasteiger partial charge in [0.25, 0.3) is 0 Å². The minimum absolute atomic E-state index is 0.203. The molecular formula is C21H21FN2O2S. The molecule has 0 aliphatic heterocycles. The third-order valence-corrected chi connectivity index (χ3v) is 5.33. The monoisotopic (exact) mass is 384 g/mol. The van der Waals surface area contributed by atoms with Gasteiger partial charge < -0.3 is 5.32 Å². The van der Waals surface area contributed by atoms with Crippen molar-refractivity contribution < 1.29 is 14.4 Å². The molecule has 1 aliphatic rings. The lowest BCUT2D eigenvalue weighted by molar-refractivity contribution is -0.0178. The number of halogens is 1. The fourth-order valence-electron chi connectivity index (χ4n) is 3.13. The number of rotatable bonds is 4. The van der Waals surface area contributed by atoms with Gasteiger partial charge >= 0.3 is 6.03 Å². The van der Waals surface area contributed by atoms with Crippen LogP contribution in [0, 0.1) is 5.82 Å². The van der Waals surface area contributed by atoms with Crippen molar-refractivity contribution >= 4 is 35.0 Å². The molecule has 0 unspecified atom stereocenters. The minimum atomic E-state index is -0.613. The molecular weight excluding hydrogens is 363 g/mol. The Kier molecular flexibility index (Phi) is 5.68. The average molecular weight is 384 g/mol. The third kappa shape index (κ3) is 4.07. The van der Waals surface area contributed by atoms with Crippen molar-refractivity contribution in [1.29, 1.82) is 0 Å². The highest BCUT2D eigenvalue weighted by atomic mass is 32.2. The van der Waals surface area contributed by atoms with Crippen LogP contribution in [0.15, 0.2) is 52.9 Å². The molecule has 0 heterocycles. The number of fused-ring (bicyclic) bond motifs is 1. The van der Waals surface area contributed by atoms with E-state index in [1.54, 1.807) is 17.8 Å². The number of carbonyl (C=O) groups is 1. The number of thioether (sulfide) groups is 1. The average Bonchev–Trinajstić information content (AvgIpc) is 2.91. The first-order chi connectivity index (χ1) is 12.9. The summed E-state index contributed by atoms with van der Waals surface area (Å²) in [5, 5.41) is 12.4. The molecule has 0 aromatic heterocycles. The quantitative estimate of drug-likeness (QED) is 0.448. The van der Waals surface area contributed by atoms with Crippen LogP contribution in [-0.4, -0.2) is 36.1 Å². The fraction of sp³-hybridized carbons (Fsp3) is 0.190. The Morgan fingerprint density at radius 2 is 1.93 bits per heavy atom. The zero-order valence-corrected chi connectivity index (χ0v) is 16.2. The van der Waals surface area contributed by atoms with Gasteiger partial charge in [0.05, 0.1) is 0 Å². The number of carbonyl (C=O) groups excluding carboxylic acids is 1. The van der Waals surface area contributed by atoms with Gasteiger partial charge in [-0.3, -0.25) is 5.21 Å². The van der Waals surface area contributed by atoms with Crippen LogP contribution < -0.4 is 5.32 Å². The van der Waals surface area contributed by atoms with Gasteiger partial charge in [0.1, 0.15) is 5.82 Å². The van der Waals surface area contributed by atoms with Gasteiger partial charge in [-0.15, -0.1) is 11.8 Å². The number of benzene rings is 2. The summed E-state index contributed by atoms with van der Waals surface area (Å²) in [6, 6.07) is 12.3. The Bertz CT molecular complexity index is 934. The molecule has 4 nitrogen and oxygen atoms in total. The van der Waals surface area contributed by atoms with Crippen LogP contribution in [0.5, 0.6) is 0 Å². The molecule has 0 spiro atoms. The highest BCUT2D eigenvalue weighted by Gasteiger charge is 2.24. The molecule has 1 aliphatic carbocycles. The molecule has 2 aromatic rings. The van der Waals surface area contributed by atoms with E-state index in [-0.39, 0.29) is 12.4 Å². The predicted molar refractivity (Wildman–Crippen MR) is 108 cm³/mol. The molecule has 3 rings (SSSR count). The summed E-state index contributed by atoms with van der Waals surface area (Å²) >= 11 is 1.69. The van der Waals surface area contributed by atoms with E-state index in [0.717, 1.165) is 33.4 Å². The summed E-state index contributed by atoms with van der Waals surface area (Å²) in [7, 11) is 1.25. The normalized spacial score (nSPS) is 14.5. The summed E-state index contributed by atoms with van der Waals surface area (Å²) in [6.45, 7) is 2.17. The van der Waals surface area contributed by atoms with Crippen LogP contribution in [0.3, 0.4) is 0 Å². The zero-order valence-electron chi connectivity index (χ0n) is 15.4. The molecule has 140 valence electrons. The van der Waals surface area contributed by atoms with Crippen molar-refractivity contribution in [2.24, 2.45) is 0 Å². The van der Waals surface area contributed by atoms with E-state index >= 15 is 0 Å². The number of hydroxylamine groups is 2. The maximum Gasteiger partial charge on any atom is 0.341 e. The van der Waals surface area contributed by atoms with E-state index in [2.05, 4.69) is 35.7 Å². The van der Waals surface area contributed by atoms with E-state index in [4.69, 9.17) is 0 Å². The standard InChI is InChI=1S/C21H21FN2O2S/c1-13-18(10-14-4-7-16(27-3)8-5-14)17-9-6-15(22)11-19(17)20(13)12-23-21(25)24(2)26/h4-11,26H,12H2,1-3H3,(H,23,25). The van der Waals surface area contributed by atoms with Crippen molar-refractivity contribution in [2.45, 2.75) is 11.8 Å². The second-order valence-corrected chi connectivity index (χ2v) is 7.19. The number of urea groups is 1. The molecule has 2 aromatic carbocycles. The molecule has 0 saturated heterocycles. The number of hydrogen-bond acceptors (Lipinski definition) is 3. The van der Waals surface area contributed by atoms with Gasteiger partial charge in [0.2, 0.25) is 0 Å². The Morgan fingerprint density at radius 3 is 2.56 bits per heavy atom. The van der Waals surface area contributed by atoms with Gasteiger partial charge in [-0.25, -0.2) is 14.2 Å². The van der Waals surface area contributed by atoms with E-state index in [1.165, 1.54) is 24.1 Å². The van der Waals surface area contributed by atoms with Crippen LogP contribution in [0.2, 0.25) is 0 Å².